The summed E-state index contributed by atoms with van der Waals surface area (Å²) in [6.07, 6.45) is 6.90. The zero-order chi connectivity index (χ0) is 13.2. The van der Waals surface area contributed by atoms with Crippen molar-refractivity contribution in [2.24, 2.45) is 11.3 Å². The Morgan fingerprint density at radius 1 is 1.22 bits per heavy atom. The van der Waals surface area contributed by atoms with E-state index >= 15 is 0 Å². The summed E-state index contributed by atoms with van der Waals surface area (Å²) in [5.74, 6) is 0.858. The van der Waals surface area contributed by atoms with Crippen LogP contribution < -0.4 is 5.32 Å². The van der Waals surface area contributed by atoms with Crippen molar-refractivity contribution in [3.63, 3.8) is 0 Å². The number of pyridine rings is 1. The molecule has 0 amide bonds. The molecule has 0 bridgehead atoms. The maximum Gasteiger partial charge on any atom is 0.131 e. The zero-order valence-electron chi connectivity index (χ0n) is 11.5. The third-order valence-corrected chi connectivity index (χ3v) is 4.26. The van der Waals surface area contributed by atoms with Crippen molar-refractivity contribution in [2.75, 3.05) is 5.32 Å². The van der Waals surface area contributed by atoms with Crippen LogP contribution in [0.25, 0.3) is 0 Å². The van der Waals surface area contributed by atoms with E-state index < -0.39 is 0 Å². The van der Waals surface area contributed by atoms with Crippen LogP contribution in [-0.2, 0) is 0 Å². The molecule has 0 radical (unpaired) electrons. The minimum Gasteiger partial charge on any atom is -0.382 e. The van der Waals surface area contributed by atoms with Crippen LogP contribution in [0.3, 0.4) is 0 Å². The van der Waals surface area contributed by atoms with Crippen LogP contribution in [0.1, 0.15) is 46.5 Å². The first-order valence-corrected chi connectivity index (χ1v) is 7.21. The topological polar surface area (TPSA) is 24.9 Å². The number of halogens is 1. The van der Waals surface area contributed by atoms with Crippen molar-refractivity contribution >= 4 is 17.3 Å². The van der Waals surface area contributed by atoms with Gasteiger partial charge in [-0.2, -0.15) is 0 Å². The molecule has 0 aliphatic heterocycles. The number of nitrogens with zero attached hydrogens (tertiary/aromatic N) is 1. The Bertz CT molecular complexity index is 390. The van der Waals surface area contributed by atoms with E-state index in [1.807, 2.05) is 12.1 Å². The number of nitrogens with one attached hydrogen (secondary N) is 1. The van der Waals surface area contributed by atoms with Gasteiger partial charge in [-0.15, -0.1) is 0 Å². The largest absolute Gasteiger partial charge is 0.382 e. The molecule has 1 aliphatic carbocycles. The molecule has 1 aliphatic rings. The highest BCUT2D eigenvalue weighted by molar-refractivity contribution is 6.29. The summed E-state index contributed by atoms with van der Waals surface area (Å²) in [5.41, 5.74) is 1.54. The Labute approximate surface area is 115 Å². The van der Waals surface area contributed by atoms with E-state index in [1.165, 1.54) is 25.7 Å². The molecular weight excluding hydrogens is 244 g/mol. The van der Waals surface area contributed by atoms with Gasteiger partial charge in [0, 0.05) is 17.9 Å². The van der Waals surface area contributed by atoms with Crippen LogP contribution in [0, 0.1) is 11.3 Å². The second kappa shape index (κ2) is 5.48. The van der Waals surface area contributed by atoms with Crippen LogP contribution in [-0.4, -0.2) is 11.0 Å². The molecule has 2 nitrogen and oxygen atoms in total. The fourth-order valence-electron chi connectivity index (χ4n) is 2.83. The minimum absolute atomic E-state index is 0.449. The van der Waals surface area contributed by atoms with E-state index in [9.17, 15) is 0 Å². The van der Waals surface area contributed by atoms with E-state index in [-0.39, 0.29) is 0 Å². The highest BCUT2D eigenvalue weighted by Crippen LogP contribution is 2.38. The van der Waals surface area contributed by atoms with Crippen LogP contribution in [0.4, 0.5) is 5.69 Å². The standard InChI is InChI=1S/C15H23ClN2/c1-15(2,3)11-4-6-12(7-5-11)18-13-8-9-17-14(16)10-13/h8-12H,4-7H2,1-3H3,(H,17,18)/t11-,12+. The van der Waals surface area contributed by atoms with Crippen molar-refractivity contribution in [3.05, 3.63) is 23.5 Å². The van der Waals surface area contributed by atoms with Gasteiger partial charge in [-0.1, -0.05) is 32.4 Å². The fraction of sp³-hybridized carbons (Fsp3) is 0.667. The van der Waals surface area contributed by atoms with Gasteiger partial charge < -0.3 is 5.32 Å². The Balaban J connectivity index is 1.87. The number of anilines is 1. The first-order valence-electron chi connectivity index (χ1n) is 6.83. The first-order chi connectivity index (χ1) is 8.45. The predicted octanol–water partition coefficient (Wildman–Crippen LogP) is 4.75. The number of rotatable bonds is 2. The Hall–Kier alpha value is -0.760. The molecule has 0 saturated heterocycles. The fourth-order valence-corrected chi connectivity index (χ4v) is 3.01. The highest BCUT2D eigenvalue weighted by atomic mass is 35.5. The molecule has 0 aromatic carbocycles. The molecule has 2 rings (SSSR count). The Morgan fingerprint density at radius 2 is 1.89 bits per heavy atom. The van der Waals surface area contributed by atoms with Gasteiger partial charge in [0.1, 0.15) is 5.15 Å². The maximum atomic E-state index is 5.89. The second-order valence-electron chi connectivity index (χ2n) is 6.43. The van der Waals surface area contributed by atoms with Gasteiger partial charge in [0.15, 0.2) is 0 Å². The van der Waals surface area contributed by atoms with Crippen molar-refractivity contribution in [3.8, 4) is 0 Å². The summed E-state index contributed by atoms with van der Waals surface area (Å²) in [6, 6.07) is 4.47. The molecule has 1 fully saturated rings. The maximum absolute atomic E-state index is 5.89. The van der Waals surface area contributed by atoms with Gasteiger partial charge in [0.05, 0.1) is 0 Å². The third kappa shape index (κ3) is 3.61. The molecule has 18 heavy (non-hydrogen) atoms. The molecule has 0 unspecified atom stereocenters. The summed E-state index contributed by atoms with van der Waals surface area (Å²) in [4.78, 5) is 4.00. The van der Waals surface area contributed by atoms with Gasteiger partial charge >= 0.3 is 0 Å². The van der Waals surface area contributed by atoms with Gasteiger partial charge in [-0.05, 0) is 49.1 Å². The van der Waals surface area contributed by atoms with Gasteiger partial charge in [-0.25, -0.2) is 4.98 Å². The summed E-state index contributed by atoms with van der Waals surface area (Å²) in [5, 5.41) is 4.13. The van der Waals surface area contributed by atoms with Crippen molar-refractivity contribution in [1.29, 1.82) is 0 Å². The second-order valence-corrected chi connectivity index (χ2v) is 6.81. The quantitative estimate of drug-likeness (QED) is 0.782. The third-order valence-electron chi connectivity index (χ3n) is 4.05. The minimum atomic E-state index is 0.449. The van der Waals surface area contributed by atoms with E-state index in [0.717, 1.165) is 11.6 Å². The molecule has 0 atom stereocenters. The van der Waals surface area contributed by atoms with Crippen LogP contribution in [0.2, 0.25) is 5.15 Å². The molecule has 1 saturated carbocycles. The Kier molecular flexibility index (Phi) is 4.16. The molecule has 100 valence electrons. The predicted molar refractivity (Wildman–Crippen MR) is 78.1 cm³/mol. The number of hydrogen-bond donors (Lipinski definition) is 1. The van der Waals surface area contributed by atoms with Crippen molar-refractivity contribution in [1.82, 2.24) is 4.98 Å². The lowest BCUT2D eigenvalue weighted by Crippen LogP contribution is -2.31. The van der Waals surface area contributed by atoms with Crippen LogP contribution >= 0.6 is 11.6 Å². The lowest BCUT2D eigenvalue weighted by molar-refractivity contribution is 0.173. The van der Waals surface area contributed by atoms with Crippen molar-refractivity contribution in [2.45, 2.75) is 52.5 Å². The molecular formula is C15H23ClN2. The lowest BCUT2D eigenvalue weighted by Gasteiger charge is -2.37. The Morgan fingerprint density at radius 3 is 2.44 bits per heavy atom. The van der Waals surface area contributed by atoms with Crippen molar-refractivity contribution < 1.29 is 0 Å². The van der Waals surface area contributed by atoms with Gasteiger partial charge in [-0.3, -0.25) is 0 Å². The van der Waals surface area contributed by atoms with E-state index in [1.54, 1.807) is 6.20 Å². The summed E-state index contributed by atoms with van der Waals surface area (Å²) < 4.78 is 0. The normalized spacial score (nSPS) is 24.9. The SMILES string of the molecule is CC(C)(C)[C@H]1CC[C@@H](Nc2ccnc(Cl)c2)CC1. The van der Waals surface area contributed by atoms with E-state index in [4.69, 9.17) is 11.6 Å². The average molecular weight is 267 g/mol. The van der Waals surface area contributed by atoms with Gasteiger partial charge in [0.25, 0.3) is 0 Å². The van der Waals surface area contributed by atoms with E-state index in [0.29, 0.717) is 16.6 Å². The van der Waals surface area contributed by atoms with Crippen LogP contribution in [0.5, 0.6) is 0 Å². The zero-order valence-corrected chi connectivity index (χ0v) is 12.3. The first kappa shape index (κ1) is 13.7. The average Bonchev–Trinajstić information content (AvgIpc) is 2.28. The lowest BCUT2D eigenvalue weighted by atomic mass is 9.71. The molecule has 1 heterocycles. The summed E-state index contributed by atoms with van der Waals surface area (Å²) in [7, 11) is 0. The van der Waals surface area contributed by atoms with E-state index in [2.05, 4.69) is 31.1 Å². The van der Waals surface area contributed by atoms with Crippen LogP contribution in [0.15, 0.2) is 18.3 Å². The molecule has 0 spiro atoms. The summed E-state index contributed by atoms with van der Waals surface area (Å²) >= 11 is 5.89. The molecule has 1 N–H and O–H groups in total. The monoisotopic (exact) mass is 266 g/mol. The number of aromatic nitrogens is 1. The highest BCUT2D eigenvalue weighted by Gasteiger charge is 2.29. The molecule has 3 heteroatoms. The number of hydrogen-bond acceptors (Lipinski definition) is 2. The summed E-state index contributed by atoms with van der Waals surface area (Å²) in [6.45, 7) is 7.07. The smallest absolute Gasteiger partial charge is 0.131 e. The van der Waals surface area contributed by atoms with Gasteiger partial charge in [0.2, 0.25) is 0 Å². The molecule has 1 aromatic heterocycles. The molecule has 1 aromatic rings.